The van der Waals surface area contributed by atoms with Crippen LogP contribution in [0.2, 0.25) is 5.02 Å². The number of halogens is 1. The van der Waals surface area contributed by atoms with Gasteiger partial charge < -0.3 is 10.1 Å². The molecule has 32 heavy (non-hydrogen) atoms. The molecule has 0 aliphatic heterocycles. The fourth-order valence-corrected chi connectivity index (χ4v) is 4.42. The number of rotatable bonds is 8. The van der Waals surface area contributed by atoms with Gasteiger partial charge >= 0.3 is 0 Å². The number of ether oxygens (including phenoxy) is 1. The molecule has 0 aliphatic rings. The van der Waals surface area contributed by atoms with E-state index in [2.05, 4.69) is 5.32 Å². The first-order valence-corrected chi connectivity index (χ1v) is 11.8. The van der Waals surface area contributed by atoms with E-state index in [9.17, 15) is 13.2 Å². The summed E-state index contributed by atoms with van der Waals surface area (Å²) in [5, 5.41) is 3.37. The molecular weight excluding hydrogens is 448 g/mol. The van der Waals surface area contributed by atoms with Crippen molar-refractivity contribution < 1.29 is 17.9 Å². The van der Waals surface area contributed by atoms with Crippen LogP contribution in [0.25, 0.3) is 0 Å². The third kappa shape index (κ3) is 5.88. The lowest BCUT2D eigenvalue weighted by molar-refractivity contribution is -0.118. The molecule has 0 heterocycles. The van der Waals surface area contributed by atoms with Crippen LogP contribution in [0.15, 0.2) is 71.6 Å². The van der Waals surface area contributed by atoms with Gasteiger partial charge in [-0.25, -0.2) is 8.42 Å². The smallest absolute Gasteiger partial charge is 0.262 e. The maximum Gasteiger partial charge on any atom is 0.262 e. The van der Waals surface area contributed by atoms with Crippen molar-refractivity contribution >= 4 is 33.2 Å². The molecule has 0 unspecified atom stereocenters. The largest absolute Gasteiger partial charge is 0.484 e. The first-order valence-electron chi connectivity index (χ1n) is 9.96. The molecule has 0 saturated heterocycles. The number of hydrogen-bond acceptors (Lipinski definition) is 4. The maximum absolute atomic E-state index is 12.8. The lowest BCUT2D eigenvalue weighted by Crippen LogP contribution is -2.26. The predicted octanol–water partition coefficient (Wildman–Crippen LogP) is 4.80. The Balaban J connectivity index is 1.59. The molecule has 6 nitrogen and oxygen atoms in total. The second-order valence-corrected chi connectivity index (χ2v) is 9.90. The number of carbonyl (C=O) groups is 1. The van der Waals surface area contributed by atoms with Gasteiger partial charge in [-0.05, 0) is 66.9 Å². The molecule has 8 heteroatoms. The zero-order chi connectivity index (χ0) is 23.3. The number of sulfonamides is 1. The van der Waals surface area contributed by atoms with E-state index in [1.54, 1.807) is 24.3 Å². The highest BCUT2D eigenvalue weighted by molar-refractivity contribution is 7.89. The van der Waals surface area contributed by atoms with Crippen molar-refractivity contribution in [3.05, 3.63) is 88.4 Å². The molecule has 0 fully saturated rings. The standard InChI is InChI=1S/C24H25ClN2O4S/c1-17-13-21(14-18(2)24(17)25)31-16-23(28)26-20-9-11-22(12-10-20)32(29,30)27(3)15-19-7-5-4-6-8-19/h4-14H,15-16H2,1-3H3,(H,26,28). The van der Waals surface area contributed by atoms with Crippen molar-refractivity contribution in [3.8, 4) is 5.75 Å². The van der Waals surface area contributed by atoms with Gasteiger partial charge in [-0.3, -0.25) is 4.79 Å². The minimum absolute atomic E-state index is 0.150. The van der Waals surface area contributed by atoms with Gasteiger partial charge in [-0.1, -0.05) is 41.9 Å². The first-order chi connectivity index (χ1) is 15.2. The molecule has 0 atom stereocenters. The van der Waals surface area contributed by atoms with Crippen LogP contribution in [0.4, 0.5) is 5.69 Å². The molecule has 0 spiro atoms. The third-order valence-corrected chi connectivity index (χ3v) is 7.29. The Hall–Kier alpha value is -2.87. The van der Waals surface area contributed by atoms with Crippen LogP contribution in [0.3, 0.4) is 0 Å². The summed E-state index contributed by atoms with van der Waals surface area (Å²) in [4.78, 5) is 12.4. The summed E-state index contributed by atoms with van der Waals surface area (Å²) >= 11 is 6.14. The molecule has 3 rings (SSSR count). The molecule has 0 bridgehead atoms. The number of benzene rings is 3. The molecule has 0 aliphatic carbocycles. The topological polar surface area (TPSA) is 75.7 Å². The van der Waals surface area contributed by atoms with Crippen molar-refractivity contribution in [2.24, 2.45) is 0 Å². The van der Waals surface area contributed by atoms with Gasteiger partial charge in [-0.15, -0.1) is 0 Å². The van der Waals surface area contributed by atoms with Gasteiger partial charge in [0, 0.05) is 24.3 Å². The van der Waals surface area contributed by atoms with Crippen molar-refractivity contribution in [2.75, 3.05) is 19.0 Å². The Labute approximate surface area is 193 Å². The van der Waals surface area contributed by atoms with Crippen LogP contribution in [0.1, 0.15) is 16.7 Å². The molecule has 3 aromatic rings. The molecule has 0 saturated carbocycles. The summed E-state index contributed by atoms with van der Waals surface area (Å²) in [7, 11) is -2.12. The number of nitrogens with one attached hydrogen (secondary N) is 1. The normalized spacial score (nSPS) is 11.4. The van der Waals surface area contributed by atoms with Gasteiger partial charge in [0.15, 0.2) is 6.61 Å². The Morgan fingerprint density at radius 1 is 1.00 bits per heavy atom. The first kappa shape index (κ1) is 23.8. The van der Waals surface area contributed by atoms with Crippen LogP contribution in [-0.4, -0.2) is 32.3 Å². The van der Waals surface area contributed by atoms with Crippen molar-refractivity contribution in [1.29, 1.82) is 0 Å². The van der Waals surface area contributed by atoms with Gasteiger partial charge in [0.25, 0.3) is 5.91 Å². The van der Waals surface area contributed by atoms with E-state index in [4.69, 9.17) is 16.3 Å². The van der Waals surface area contributed by atoms with E-state index in [0.29, 0.717) is 16.5 Å². The number of hydrogen-bond donors (Lipinski definition) is 1. The number of nitrogens with zero attached hydrogens (tertiary/aromatic N) is 1. The van der Waals surface area contributed by atoms with Crippen molar-refractivity contribution in [2.45, 2.75) is 25.3 Å². The lowest BCUT2D eigenvalue weighted by Gasteiger charge is -2.17. The quantitative estimate of drug-likeness (QED) is 0.511. The van der Waals surface area contributed by atoms with E-state index < -0.39 is 10.0 Å². The lowest BCUT2D eigenvalue weighted by atomic mass is 10.1. The molecule has 1 N–H and O–H groups in total. The molecular formula is C24H25ClN2O4S. The van der Waals surface area contributed by atoms with Crippen LogP contribution in [0.5, 0.6) is 5.75 Å². The van der Waals surface area contributed by atoms with E-state index in [-0.39, 0.29) is 24.0 Å². The Bertz CT molecular complexity index is 1170. The summed E-state index contributed by atoms with van der Waals surface area (Å²) in [6.45, 7) is 3.83. The summed E-state index contributed by atoms with van der Waals surface area (Å²) in [5.74, 6) is 0.203. The second kappa shape index (κ2) is 10.2. The fourth-order valence-electron chi connectivity index (χ4n) is 3.15. The average molecular weight is 473 g/mol. The molecule has 3 aromatic carbocycles. The van der Waals surface area contributed by atoms with Crippen LogP contribution in [0, 0.1) is 13.8 Å². The summed E-state index contributed by atoms with van der Waals surface area (Å²) in [6.07, 6.45) is 0. The number of anilines is 1. The van der Waals surface area contributed by atoms with Gasteiger partial charge in [0.05, 0.1) is 4.90 Å². The fraction of sp³-hybridized carbons (Fsp3) is 0.208. The van der Waals surface area contributed by atoms with Crippen LogP contribution < -0.4 is 10.1 Å². The van der Waals surface area contributed by atoms with Gasteiger partial charge in [0.2, 0.25) is 10.0 Å². The third-order valence-electron chi connectivity index (χ3n) is 4.87. The highest BCUT2D eigenvalue weighted by Crippen LogP contribution is 2.26. The van der Waals surface area contributed by atoms with Crippen LogP contribution >= 0.6 is 11.6 Å². The number of aryl methyl sites for hydroxylation is 2. The number of amides is 1. The molecule has 1 amide bonds. The highest BCUT2D eigenvalue weighted by atomic mass is 35.5. The molecule has 168 valence electrons. The maximum atomic E-state index is 12.8. The Kier molecular flexibility index (Phi) is 7.56. The Morgan fingerprint density at radius 2 is 1.59 bits per heavy atom. The summed E-state index contributed by atoms with van der Waals surface area (Å²) in [6, 6.07) is 19.0. The van der Waals surface area contributed by atoms with Crippen molar-refractivity contribution in [1.82, 2.24) is 4.31 Å². The average Bonchev–Trinajstić information content (AvgIpc) is 2.77. The Morgan fingerprint density at radius 3 is 2.19 bits per heavy atom. The van der Waals surface area contributed by atoms with Gasteiger partial charge in [0.1, 0.15) is 5.75 Å². The minimum Gasteiger partial charge on any atom is -0.484 e. The zero-order valence-corrected chi connectivity index (χ0v) is 19.7. The van der Waals surface area contributed by atoms with Gasteiger partial charge in [-0.2, -0.15) is 4.31 Å². The van der Waals surface area contributed by atoms with E-state index in [1.807, 2.05) is 44.2 Å². The van der Waals surface area contributed by atoms with E-state index >= 15 is 0 Å². The number of carbonyl (C=O) groups excluding carboxylic acids is 1. The van der Waals surface area contributed by atoms with E-state index in [1.165, 1.54) is 23.5 Å². The van der Waals surface area contributed by atoms with E-state index in [0.717, 1.165) is 16.7 Å². The highest BCUT2D eigenvalue weighted by Gasteiger charge is 2.21. The van der Waals surface area contributed by atoms with Crippen molar-refractivity contribution in [3.63, 3.8) is 0 Å². The SMILES string of the molecule is Cc1cc(OCC(=O)Nc2ccc(S(=O)(=O)N(C)Cc3ccccc3)cc2)cc(C)c1Cl. The predicted molar refractivity (Wildman–Crippen MR) is 127 cm³/mol. The minimum atomic E-state index is -3.66. The van der Waals surface area contributed by atoms with Crippen LogP contribution in [-0.2, 0) is 21.4 Å². The monoisotopic (exact) mass is 472 g/mol. The molecule has 0 aromatic heterocycles. The summed E-state index contributed by atoms with van der Waals surface area (Å²) < 4.78 is 32.5. The summed E-state index contributed by atoms with van der Waals surface area (Å²) in [5.41, 5.74) is 3.12. The zero-order valence-electron chi connectivity index (χ0n) is 18.1. The molecule has 0 radical (unpaired) electrons. The second-order valence-electron chi connectivity index (χ2n) is 7.48.